The van der Waals surface area contributed by atoms with Crippen LogP contribution in [0.25, 0.3) is 0 Å². The number of phenolic OH excluding ortho intramolecular Hbond substituents is 1. The average molecular weight is 344 g/mol. The largest absolute Gasteiger partial charge is 0.508 e. The minimum Gasteiger partial charge on any atom is -0.508 e. The molecule has 2 aromatic rings. The van der Waals surface area contributed by atoms with Gasteiger partial charge in [0.05, 0.1) is 0 Å². The first-order valence-electron chi connectivity index (χ1n) is 8.30. The number of rotatable bonds is 6. The molecule has 128 valence electrons. The van der Waals surface area contributed by atoms with Gasteiger partial charge in [0.25, 0.3) is 0 Å². The second-order valence-electron chi connectivity index (χ2n) is 6.24. The lowest BCUT2D eigenvalue weighted by Crippen LogP contribution is -2.34. The van der Waals surface area contributed by atoms with E-state index in [0.29, 0.717) is 11.7 Å². The van der Waals surface area contributed by atoms with Crippen LogP contribution in [-0.4, -0.2) is 43.6 Å². The van der Waals surface area contributed by atoms with Gasteiger partial charge in [-0.05, 0) is 37.1 Å². The van der Waals surface area contributed by atoms with E-state index in [0.717, 1.165) is 42.8 Å². The maximum atomic E-state index is 9.41. The first-order chi connectivity index (χ1) is 11.7. The maximum Gasteiger partial charge on any atom is 0.191 e. The van der Waals surface area contributed by atoms with Crippen LogP contribution in [-0.2, 0) is 13.6 Å². The molecule has 5 nitrogen and oxygen atoms in total. The summed E-state index contributed by atoms with van der Waals surface area (Å²) < 4.78 is 2.13. The highest BCUT2D eigenvalue weighted by atomic mass is 32.2. The molecule has 3 rings (SSSR count). The summed E-state index contributed by atoms with van der Waals surface area (Å²) in [7, 11) is 2.06. The molecule has 1 aromatic carbocycles. The molecule has 2 heterocycles. The minimum absolute atomic E-state index is 0.318. The smallest absolute Gasteiger partial charge is 0.191 e. The van der Waals surface area contributed by atoms with Crippen molar-refractivity contribution in [2.45, 2.75) is 30.5 Å². The molecule has 0 spiro atoms. The molecular formula is C18H24N4OS. The summed E-state index contributed by atoms with van der Waals surface area (Å²) in [4.78, 5) is 2.46. The van der Waals surface area contributed by atoms with Crippen molar-refractivity contribution in [1.82, 2.24) is 19.7 Å². The van der Waals surface area contributed by atoms with E-state index < -0.39 is 0 Å². The zero-order chi connectivity index (χ0) is 16.9. The molecule has 0 aliphatic carbocycles. The van der Waals surface area contributed by atoms with Gasteiger partial charge in [0.2, 0.25) is 0 Å². The fourth-order valence-corrected chi connectivity index (χ4v) is 3.86. The third-order valence-corrected chi connectivity index (χ3v) is 5.43. The van der Waals surface area contributed by atoms with Crippen LogP contribution >= 0.6 is 11.8 Å². The van der Waals surface area contributed by atoms with Gasteiger partial charge in [-0.1, -0.05) is 30.0 Å². The van der Waals surface area contributed by atoms with Crippen molar-refractivity contribution < 1.29 is 5.11 Å². The lowest BCUT2D eigenvalue weighted by Gasteiger charge is -2.32. The minimum atomic E-state index is 0.318. The summed E-state index contributed by atoms with van der Waals surface area (Å²) in [6.07, 6.45) is 4.22. The van der Waals surface area contributed by atoms with Crippen LogP contribution < -0.4 is 0 Å². The Bertz CT molecular complexity index is 683. The van der Waals surface area contributed by atoms with Crippen LogP contribution in [0.1, 0.15) is 30.1 Å². The van der Waals surface area contributed by atoms with Gasteiger partial charge in [0, 0.05) is 31.8 Å². The first-order valence-corrected chi connectivity index (χ1v) is 9.29. The van der Waals surface area contributed by atoms with Crippen LogP contribution in [0.2, 0.25) is 0 Å². The third-order valence-electron chi connectivity index (χ3n) is 4.41. The summed E-state index contributed by atoms with van der Waals surface area (Å²) in [5.74, 6) is 2.67. The molecule has 1 fully saturated rings. The number of benzene rings is 1. The molecule has 1 atom stereocenters. The lowest BCUT2D eigenvalue weighted by atomic mass is 9.96. The van der Waals surface area contributed by atoms with Crippen molar-refractivity contribution in [3.05, 3.63) is 48.3 Å². The van der Waals surface area contributed by atoms with E-state index in [1.165, 1.54) is 12.0 Å². The Balaban J connectivity index is 1.66. The van der Waals surface area contributed by atoms with E-state index in [1.54, 1.807) is 23.9 Å². The zero-order valence-electron chi connectivity index (χ0n) is 14.1. The van der Waals surface area contributed by atoms with Gasteiger partial charge in [0.1, 0.15) is 11.6 Å². The SMILES string of the molecule is C=CCSc1nnc(C2CCCN(Cc3ccc(O)cc3)C2)n1C. The number of hydrogen-bond donors (Lipinski definition) is 1. The quantitative estimate of drug-likeness (QED) is 0.644. The molecule has 1 aliphatic rings. The van der Waals surface area contributed by atoms with Crippen molar-refractivity contribution in [2.75, 3.05) is 18.8 Å². The van der Waals surface area contributed by atoms with Crippen molar-refractivity contribution in [2.24, 2.45) is 7.05 Å². The highest BCUT2D eigenvalue weighted by molar-refractivity contribution is 7.99. The van der Waals surface area contributed by atoms with Gasteiger partial charge in [-0.3, -0.25) is 4.90 Å². The number of thioether (sulfide) groups is 1. The van der Waals surface area contributed by atoms with E-state index in [4.69, 9.17) is 0 Å². The summed E-state index contributed by atoms with van der Waals surface area (Å²) in [5.41, 5.74) is 1.23. The van der Waals surface area contributed by atoms with Gasteiger partial charge < -0.3 is 9.67 Å². The normalized spacial score (nSPS) is 18.6. The Hall–Kier alpha value is -1.79. The molecule has 1 unspecified atom stereocenters. The summed E-state index contributed by atoms with van der Waals surface area (Å²) >= 11 is 1.67. The molecular weight excluding hydrogens is 320 g/mol. The molecule has 24 heavy (non-hydrogen) atoms. The molecule has 1 N–H and O–H groups in total. The summed E-state index contributed by atoms with van der Waals surface area (Å²) in [5, 5.41) is 19.1. The fourth-order valence-electron chi connectivity index (χ4n) is 3.21. The van der Waals surface area contributed by atoms with Gasteiger partial charge in [0.15, 0.2) is 5.16 Å². The Morgan fingerprint density at radius 1 is 1.33 bits per heavy atom. The molecule has 0 bridgehead atoms. The van der Waals surface area contributed by atoms with Crippen molar-refractivity contribution in [3.63, 3.8) is 0 Å². The van der Waals surface area contributed by atoms with E-state index in [2.05, 4.69) is 33.3 Å². The number of likely N-dealkylation sites (tertiary alicyclic amines) is 1. The average Bonchev–Trinajstić information content (AvgIpc) is 2.96. The number of hydrogen-bond acceptors (Lipinski definition) is 5. The predicted octanol–water partition coefficient (Wildman–Crippen LogP) is 3.18. The van der Waals surface area contributed by atoms with Crippen LogP contribution in [0.15, 0.2) is 42.1 Å². The maximum absolute atomic E-state index is 9.41. The number of phenols is 1. The van der Waals surface area contributed by atoms with E-state index >= 15 is 0 Å². The molecule has 1 aliphatic heterocycles. The molecule has 0 radical (unpaired) electrons. The summed E-state index contributed by atoms with van der Waals surface area (Å²) in [6.45, 7) is 6.77. The molecule has 0 amide bonds. The standard InChI is InChI=1S/C18H24N4OS/c1-3-11-24-18-20-19-17(21(18)2)15-5-4-10-22(13-15)12-14-6-8-16(23)9-7-14/h3,6-9,15,23H,1,4-5,10-13H2,2H3. The highest BCUT2D eigenvalue weighted by Gasteiger charge is 2.26. The first kappa shape index (κ1) is 17.0. The summed E-state index contributed by atoms with van der Waals surface area (Å²) in [6, 6.07) is 7.49. The number of piperidine rings is 1. The molecule has 0 saturated carbocycles. The van der Waals surface area contributed by atoms with Crippen LogP contribution in [0.3, 0.4) is 0 Å². The topological polar surface area (TPSA) is 54.2 Å². The van der Waals surface area contributed by atoms with Gasteiger partial charge in [-0.2, -0.15) is 0 Å². The Morgan fingerprint density at radius 3 is 2.88 bits per heavy atom. The Labute approximate surface area is 147 Å². The van der Waals surface area contributed by atoms with E-state index in [-0.39, 0.29) is 0 Å². The van der Waals surface area contributed by atoms with Crippen molar-refractivity contribution >= 4 is 11.8 Å². The van der Waals surface area contributed by atoms with Crippen LogP contribution in [0, 0.1) is 0 Å². The Morgan fingerprint density at radius 2 is 2.12 bits per heavy atom. The van der Waals surface area contributed by atoms with Gasteiger partial charge in [-0.25, -0.2) is 0 Å². The molecule has 1 saturated heterocycles. The van der Waals surface area contributed by atoms with Crippen molar-refractivity contribution in [3.8, 4) is 5.75 Å². The monoisotopic (exact) mass is 344 g/mol. The predicted molar refractivity (Wildman–Crippen MR) is 97.3 cm³/mol. The molecule has 6 heteroatoms. The van der Waals surface area contributed by atoms with Crippen LogP contribution in [0.5, 0.6) is 5.75 Å². The van der Waals surface area contributed by atoms with E-state index in [1.807, 2.05) is 18.2 Å². The van der Waals surface area contributed by atoms with Crippen molar-refractivity contribution in [1.29, 1.82) is 0 Å². The fraction of sp³-hybridized carbons (Fsp3) is 0.444. The van der Waals surface area contributed by atoms with Gasteiger partial charge in [-0.15, -0.1) is 16.8 Å². The number of nitrogens with zero attached hydrogens (tertiary/aromatic N) is 4. The van der Waals surface area contributed by atoms with E-state index in [9.17, 15) is 5.11 Å². The highest BCUT2D eigenvalue weighted by Crippen LogP contribution is 2.28. The molecule has 1 aromatic heterocycles. The Kier molecular flexibility index (Phi) is 5.58. The lowest BCUT2D eigenvalue weighted by molar-refractivity contribution is 0.195. The number of aromatic nitrogens is 3. The third kappa shape index (κ3) is 3.99. The zero-order valence-corrected chi connectivity index (χ0v) is 14.9. The second-order valence-corrected chi connectivity index (χ2v) is 7.23. The number of aromatic hydroxyl groups is 1. The van der Waals surface area contributed by atoms with Gasteiger partial charge >= 0.3 is 0 Å². The second kappa shape index (κ2) is 7.85. The van der Waals surface area contributed by atoms with Crippen LogP contribution in [0.4, 0.5) is 0 Å².